The van der Waals surface area contributed by atoms with Crippen LogP contribution < -0.4 is 4.90 Å². The van der Waals surface area contributed by atoms with Gasteiger partial charge in [-0.05, 0) is 13.3 Å². The molecule has 2 aromatic heterocycles. The van der Waals surface area contributed by atoms with Crippen LogP contribution in [0.1, 0.15) is 19.4 Å². The number of anilines is 1. The topological polar surface area (TPSA) is 67.2 Å². The highest BCUT2D eigenvalue weighted by molar-refractivity contribution is 7.13. The van der Waals surface area contributed by atoms with Crippen LogP contribution >= 0.6 is 11.3 Å². The Morgan fingerprint density at radius 3 is 2.95 bits per heavy atom. The maximum Gasteiger partial charge on any atom is 0.247 e. The summed E-state index contributed by atoms with van der Waals surface area (Å²) in [4.78, 5) is 25.0. The van der Waals surface area contributed by atoms with Crippen LogP contribution in [0.15, 0.2) is 24.2 Å². The minimum absolute atomic E-state index is 0.0986. The van der Waals surface area contributed by atoms with E-state index in [1.54, 1.807) is 22.3 Å². The lowest BCUT2D eigenvalue weighted by molar-refractivity contribution is -0.134. The van der Waals surface area contributed by atoms with E-state index in [0.717, 1.165) is 37.7 Å². The van der Waals surface area contributed by atoms with Crippen LogP contribution in [-0.4, -0.2) is 56.7 Å². The average molecular weight is 306 g/mol. The van der Waals surface area contributed by atoms with E-state index < -0.39 is 0 Å². The van der Waals surface area contributed by atoms with Gasteiger partial charge in [0.1, 0.15) is 18.7 Å². The fourth-order valence-corrected chi connectivity index (χ4v) is 3.19. The minimum atomic E-state index is -0.307. The molecule has 0 unspecified atom stereocenters. The molecule has 1 fully saturated rings. The highest BCUT2D eigenvalue weighted by atomic mass is 32.1. The molecule has 1 aliphatic rings. The van der Waals surface area contributed by atoms with Crippen LogP contribution in [0.2, 0.25) is 0 Å². The summed E-state index contributed by atoms with van der Waals surface area (Å²) >= 11 is 1.64. The van der Waals surface area contributed by atoms with Crippen LogP contribution in [0.3, 0.4) is 0 Å². The van der Waals surface area contributed by atoms with E-state index in [1.807, 2.05) is 23.4 Å². The fourth-order valence-electron chi connectivity index (χ4n) is 2.50. The quantitative estimate of drug-likeness (QED) is 0.847. The summed E-state index contributed by atoms with van der Waals surface area (Å²) in [5.74, 6) is 0.0986. The summed E-state index contributed by atoms with van der Waals surface area (Å²) in [5, 5.41) is 7.07. The molecule has 1 amide bonds. The van der Waals surface area contributed by atoms with E-state index in [1.165, 1.54) is 6.33 Å². The van der Waals surface area contributed by atoms with Crippen LogP contribution in [-0.2, 0) is 4.79 Å². The molecule has 3 rings (SSSR count). The molecular formula is C13H18N6OS. The first kappa shape index (κ1) is 14.0. The minimum Gasteiger partial charge on any atom is -0.346 e. The molecule has 1 aliphatic heterocycles. The van der Waals surface area contributed by atoms with Gasteiger partial charge in [-0.25, -0.2) is 14.6 Å². The van der Waals surface area contributed by atoms with Gasteiger partial charge in [-0.15, -0.1) is 11.3 Å². The van der Waals surface area contributed by atoms with E-state index in [9.17, 15) is 4.79 Å². The van der Waals surface area contributed by atoms with E-state index in [2.05, 4.69) is 20.0 Å². The van der Waals surface area contributed by atoms with Crippen LogP contribution in [0.4, 0.5) is 5.13 Å². The number of rotatable bonds is 3. The van der Waals surface area contributed by atoms with Gasteiger partial charge < -0.3 is 9.80 Å². The molecule has 0 bridgehead atoms. The van der Waals surface area contributed by atoms with Gasteiger partial charge in [-0.3, -0.25) is 4.79 Å². The molecule has 3 heterocycles. The molecule has 1 atom stereocenters. The van der Waals surface area contributed by atoms with Crippen molar-refractivity contribution in [3.8, 4) is 0 Å². The first-order valence-corrected chi connectivity index (χ1v) is 7.91. The van der Waals surface area contributed by atoms with Gasteiger partial charge in [0.15, 0.2) is 5.13 Å². The molecule has 0 aromatic carbocycles. The normalized spacial score (nSPS) is 17.6. The maximum atomic E-state index is 12.5. The molecule has 0 radical (unpaired) electrons. The summed E-state index contributed by atoms with van der Waals surface area (Å²) < 4.78 is 1.60. The van der Waals surface area contributed by atoms with Gasteiger partial charge >= 0.3 is 0 Å². The second kappa shape index (κ2) is 6.21. The van der Waals surface area contributed by atoms with Crippen LogP contribution in [0.25, 0.3) is 0 Å². The van der Waals surface area contributed by atoms with E-state index in [4.69, 9.17) is 0 Å². The third-order valence-electron chi connectivity index (χ3n) is 3.69. The van der Waals surface area contributed by atoms with E-state index in [-0.39, 0.29) is 11.9 Å². The largest absolute Gasteiger partial charge is 0.346 e. The van der Waals surface area contributed by atoms with E-state index >= 15 is 0 Å². The highest BCUT2D eigenvalue weighted by Gasteiger charge is 2.25. The van der Waals surface area contributed by atoms with E-state index in [0.29, 0.717) is 0 Å². The standard InChI is InChI=1S/C13H18N6OS/c1-11(19-10-14-9-16-19)12(20)17-4-2-5-18(7-6-17)13-15-3-8-21-13/h3,8-11H,2,4-7H2,1H3/t11-/m0/s1. The third-order valence-corrected chi connectivity index (χ3v) is 4.52. The predicted octanol–water partition coefficient (Wildman–Crippen LogP) is 1.03. The SMILES string of the molecule is C[C@@H](C(=O)N1CCCN(c2nccs2)CC1)n1cncn1. The Hall–Kier alpha value is -1.96. The average Bonchev–Trinajstić information content (AvgIpc) is 3.16. The van der Waals surface area contributed by atoms with Gasteiger partial charge in [0.2, 0.25) is 5.91 Å². The van der Waals surface area contributed by atoms with Crippen molar-refractivity contribution in [1.29, 1.82) is 0 Å². The zero-order chi connectivity index (χ0) is 14.7. The van der Waals surface area contributed by atoms with Crippen molar-refractivity contribution in [3.63, 3.8) is 0 Å². The summed E-state index contributed by atoms with van der Waals surface area (Å²) in [6, 6.07) is -0.307. The molecular weight excluding hydrogens is 288 g/mol. The van der Waals surface area contributed by atoms with Gasteiger partial charge in [0.25, 0.3) is 0 Å². The molecule has 0 saturated carbocycles. The molecule has 7 nitrogen and oxygen atoms in total. The molecule has 1 saturated heterocycles. The van der Waals surface area contributed by atoms with Crippen molar-refractivity contribution >= 4 is 22.4 Å². The lowest BCUT2D eigenvalue weighted by Crippen LogP contribution is -2.39. The number of aromatic nitrogens is 4. The third kappa shape index (κ3) is 3.05. The summed E-state index contributed by atoms with van der Waals surface area (Å²) in [7, 11) is 0. The fraction of sp³-hybridized carbons (Fsp3) is 0.538. The van der Waals surface area contributed by atoms with Crippen molar-refractivity contribution in [2.24, 2.45) is 0 Å². The zero-order valence-electron chi connectivity index (χ0n) is 11.9. The van der Waals surface area contributed by atoms with Crippen molar-refractivity contribution in [1.82, 2.24) is 24.6 Å². The summed E-state index contributed by atoms with van der Waals surface area (Å²) in [6.07, 6.45) is 5.81. The lowest BCUT2D eigenvalue weighted by Gasteiger charge is -2.24. The Morgan fingerprint density at radius 1 is 1.33 bits per heavy atom. The van der Waals surface area contributed by atoms with Crippen molar-refractivity contribution in [2.75, 3.05) is 31.1 Å². The Labute approximate surface area is 127 Å². The molecule has 0 N–H and O–H groups in total. The van der Waals surface area contributed by atoms with Crippen LogP contribution in [0, 0.1) is 0 Å². The first-order valence-electron chi connectivity index (χ1n) is 7.03. The van der Waals surface area contributed by atoms with Gasteiger partial charge in [-0.2, -0.15) is 5.10 Å². The molecule has 21 heavy (non-hydrogen) atoms. The number of hydrogen-bond donors (Lipinski definition) is 0. The molecule has 0 spiro atoms. The maximum absolute atomic E-state index is 12.5. The second-order valence-corrected chi connectivity index (χ2v) is 5.91. The Morgan fingerprint density at radius 2 is 2.24 bits per heavy atom. The number of carbonyl (C=O) groups excluding carboxylic acids is 1. The summed E-state index contributed by atoms with van der Waals surface area (Å²) in [5.41, 5.74) is 0. The first-order chi connectivity index (χ1) is 10.3. The van der Waals surface area contributed by atoms with Crippen molar-refractivity contribution in [2.45, 2.75) is 19.4 Å². The number of hydrogen-bond acceptors (Lipinski definition) is 6. The molecule has 112 valence electrons. The molecule has 2 aromatic rings. The smallest absolute Gasteiger partial charge is 0.247 e. The predicted molar refractivity (Wildman–Crippen MR) is 80.3 cm³/mol. The number of nitrogens with zero attached hydrogens (tertiary/aromatic N) is 6. The van der Waals surface area contributed by atoms with Crippen molar-refractivity contribution in [3.05, 3.63) is 24.2 Å². The number of amides is 1. The van der Waals surface area contributed by atoms with Gasteiger partial charge in [0.05, 0.1) is 0 Å². The highest BCUT2D eigenvalue weighted by Crippen LogP contribution is 2.20. The Kier molecular flexibility index (Phi) is 4.14. The van der Waals surface area contributed by atoms with Gasteiger partial charge in [-0.1, -0.05) is 0 Å². The van der Waals surface area contributed by atoms with Gasteiger partial charge in [0, 0.05) is 37.8 Å². The number of thiazole rings is 1. The molecule has 8 heteroatoms. The zero-order valence-corrected chi connectivity index (χ0v) is 12.7. The van der Waals surface area contributed by atoms with Crippen molar-refractivity contribution < 1.29 is 4.79 Å². The number of carbonyl (C=O) groups is 1. The Bertz CT molecular complexity index is 570. The summed E-state index contributed by atoms with van der Waals surface area (Å²) in [6.45, 7) is 5.12. The second-order valence-electron chi connectivity index (χ2n) is 5.03. The molecule has 0 aliphatic carbocycles. The Balaban J connectivity index is 1.63. The monoisotopic (exact) mass is 306 g/mol. The lowest BCUT2D eigenvalue weighted by atomic mass is 10.2. The van der Waals surface area contributed by atoms with Crippen LogP contribution in [0.5, 0.6) is 0 Å².